The van der Waals surface area contributed by atoms with E-state index in [4.69, 9.17) is 32.7 Å². The number of carbonyl (C=O) groups excluding carboxylic acids is 3. The van der Waals surface area contributed by atoms with Crippen molar-refractivity contribution in [2.75, 3.05) is 29.6 Å². The minimum Gasteiger partial charge on any atom is -0.464 e. The van der Waals surface area contributed by atoms with Crippen LogP contribution >= 0.6 is 23.2 Å². The summed E-state index contributed by atoms with van der Waals surface area (Å²) in [5, 5.41) is 0.990. The SMILES string of the molecule is CCOC(=O)[C@H]([C@H](C(=O)OCC)N(CC)c1ccc(Cl)cc1)N(C(C)=O)c1ccc(Cl)cc1. The molecule has 0 aromatic heterocycles. The van der Waals surface area contributed by atoms with Crippen LogP contribution in [0.4, 0.5) is 11.4 Å². The fraction of sp³-hybridized carbons (Fsp3) is 0.375. The Morgan fingerprint density at radius 1 is 0.758 bits per heavy atom. The zero-order chi connectivity index (χ0) is 24.5. The van der Waals surface area contributed by atoms with Crippen LogP contribution in [0.3, 0.4) is 0 Å². The van der Waals surface area contributed by atoms with E-state index in [1.165, 1.54) is 11.8 Å². The van der Waals surface area contributed by atoms with Crippen LogP contribution in [-0.4, -0.2) is 49.7 Å². The van der Waals surface area contributed by atoms with Gasteiger partial charge in [0, 0.05) is 34.9 Å². The molecule has 2 rings (SSSR count). The zero-order valence-corrected chi connectivity index (χ0v) is 20.6. The van der Waals surface area contributed by atoms with E-state index in [2.05, 4.69) is 0 Å². The minimum atomic E-state index is -1.32. The summed E-state index contributed by atoms with van der Waals surface area (Å²) in [4.78, 5) is 42.4. The summed E-state index contributed by atoms with van der Waals surface area (Å²) in [6.45, 7) is 7.01. The molecule has 178 valence electrons. The number of hydrogen-bond acceptors (Lipinski definition) is 6. The Kier molecular flexibility index (Phi) is 10.0. The fourth-order valence-electron chi connectivity index (χ4n) is 3.57. The first-order valence-electron chi connectivity index (χ1n) is 10.7. The molecule has 2 aromatic rings. The van der Waals surface area contributed by atoms with Crippen LogP contribution in [0.15, 0.2) is 48.5 Å². The number of benzene rings is 2. The lowest BCUT2D eigenvalue weighted by Gasteiger charge is -2.40. The van der Waals surface area contributed by atoms with Gasteiger partial charge in [-0.15, -0.1) is 0 Å². The largest absolute Gasteiger partial charge is 0.464 e. The third-order valence-electron chi connectivity index (χ3n) is 4.91. The van der Waals surface area contributed by atoms with Crippen molar-refractivity contribution in [3.63, 3.8) is 0 Å². The number of nitrogens with zero attached hydrogens (tertiary/aromatic N) is 2. The molecule has 9 heteroatoms. The quantitative estimate of drug-likeness (QED) is 0.444. The number of carbonyl (C=O) groups is 3. The van der Waals surface area contributed by atoms with Crippen LogP contribution in [0.25, 0.3) is 0 Å². The molecule has 0 aliphatic carbocycles. The molecule has 2 atom stereocenters. The fourth-order valence-corrected chi connectivity index (χ4v) is 3.82. The molecule has 0 aliphatic heterocycles. The minimum absolute atomic E-state index is 0.0737. The second kappa shape index (κ2) is 12.5. The number of likely N-dealkylation sites (N-methyl/N-ethyl adjacent to an activating group) is 1. The highest BCUT2D eigenvalue weighted by Gasteiger charge is 2.45. The smallest absolute Gasteiger partial charge is 0.332 e. The topological polar surface area (TPSA) is 76.2 Å². The standard InChI is InChI=1S/C24H28Cl2N2O5/c1-5-27(19-12-8-17(25)9-13-19)21(23(30)32-6-2)22(24(31)33-7-3)28(16(4)29)20-14-10-18(26)11-15-20/h8-15,21-22H,5-7H2,1-4H3/t21-,22+/m1/s1. The van der Waals surface area contributed by atoms with Crippen LogP contribution in [0.1, 0.15) is 27.7 Å². The van der Waals surface area contributed by atoms with E-state index in [9.17, 15) is 14.4 Å². The number of rotatable bonds is 10. The molecule has 0 heterocycles. The third kappa shape index (κ3) is 6.62. The van der Waals surface area contributed by atoms with Gasteiger partial charge in [0.15, 0.2) is 12.1 Å². The van der Waals surface area contributed by atoms with E-state index in [0.29, 0.717) is 28.0 Å². The second-order valence-electron chi connectivity index (χ2n) is 7.02. The summed E-state index contributed by atoms with van der Waals surface area (Å²) >= 11 is 12.1. The molecule has 0 saturated carbocycles. The molecule has 0 radical (unpaired) electrons. The van der Waals surface area contributed by atoms with Crippen molar-refractivity contribution in [1.29, 1.82) is 0 Å². The van der Waals surface area contributed by atoms with Crippen LogP contribution in [-0.2, 0) is 23.9 Å². The van der Waals surface area contributed by atoms with Gasteiger partial charge in [-0.05, 0) is 69.3 Å². The lowest BCUT2D eigenvalue weighted by Crippen LogP contribution is -2.61. The maximum absolute atomic E-state index is 13.3. The van der Waals surface area contributed by atoms with Gasteiger partial charge in [-0.25, -0.2) is 9.59 Å². The van der Waals surface area contributed by atoms with Gasteiger partial charge in [-0.1, -0.05) is 23.2 Å². The van der Waals surface area contributed by atoms with Gasteiger partial charge >= 0.3 is 11.9 Å². The van der Waals surface area contributed by atoms with E-state index < -0.39 is 29.9 Å². The number of hydrogen-bond donors (Lipinski definition) is 0. The molecule has 2 aromatic carbocycles. The summed E-state index contributed by atoms with van der Waals surface area (Å²) in [5.41, 5.74) is 1.03. The van der Waals surface area contributed by atoms with Crippen molar-refractivity contribution < 1.29 is 23.9 Å². The Bertz CT molecular complexity index is 950. The lowest BCUT2D eigenvalue weighted by molar-refractivity contribution is -0.153. The number of ether oxygens (including phenoxy) is 2. The predicted octanol–water partition coefficient (Wildman–Crippen LogP) is 4.74. The maximum atomic E-state index is 13.3. The molecule has 7 nitrogen and oxygen atoms in total. The van der Waals surface area contributed by atoms with Crippen molar-refractivity contribution in [2.24, 2.45) is 0 Å². The Hall–Kier alpha value is -2.77. The van der Waals surface area contributed by atoms with E-state index >= 15 is 0 Å². The molecule has 0 saturated heterocycles. The first-order valence-corrected chi connectivity index (χ1v) is 11.4. The van der Waals surface area contributed by atoms with Gasteiger partial charge in [0.25, 0.3) is 0 Å². The molecular weight excluding hydrogens is 467 g/mol. The van der Waals surface area contributed by atoms with Crippen LogP contribution in [0.2, 0.25) is 10.0 Å². The molecule has 1 amide bonds. The molecule has 0 aliphatic rings. The third-order valence-corrected chi connectivity index (χ3v) is 5.42. The van der Waals surface area contributed by atoms with Gasteiger partial charge in [0.1, 0.15) is 0 Å². The number of amides is 1. The highest BCUT2D eigenvalue weighted by atomic mass is 35.5. The summed E-state index contributed by atoms with van der Waals surface area (Å²) in [6, 6.07) is 10.8. The molecule has 0 unspecified atom stereocenters. The highest BCUT2D eigenvalue weighted by molar-refractivity contribution is 6.31. The van der Waals surface area contributed by atoms with E-state index in [-0.39, 0.29) is 13.2 Å². The van der Waals surface area contributed by atoms with Gasteiger partial charge < -0.3 is 14.4 Å². The van der Waals surface area contributed by atoms with Gasteiger partial charge in [-0.2, -0.15) is 0 Å². The summed E-state index contributed by atoms with van der Waals surface area (Å²) in [5.74, 6) is -1.84. The molecular formula is C24H28Cl2N2O5. The molecule has 0 fully saturated rings. The molecule has 0 bridgehead atoms. The average molecular weight is 495 g/mol. The number of halogens is 2. The van der Waals surface area contributed by atoms with Crippen LogP contribution < -0.4 is 9.80 Å². The highest BCUT2D eigenvalue weighted by Crippen LogP contribution is 2.28. The van der Waals surface area contributed by atoms with Crippen molar-refractivity contribution in [1.82, 2.24) is 0 Å². The van der Waals surface area contributed by atoms with E-state index in [0.717, 1.165) is 0 Å². The van der Waals surface area contributed by atoms with Crippen molar-refractivity contribution in [3.8, 4) is 0 Å². The van der Waals surface area contributed by atoms with Gasteiger partial charge in [-0.3, -0.25) is 9.69 Å². The van der Waals surface area contributed by atoms with Crippen molar-refractivity contribution in [2.45, 2.75) is 39.8 Å². The summed E-state index contributed by atoms with van der Waals surface area (Å²) in [6.07, 6.45) is 0. The Morgan fingerprint density at radius 2 is 1.18 bits per heavy atom. The van der Waals surface area contributed by atoms with Crippen molar-refractivity contribution in [3.05, 3.63) is 58.6 Å². The number of esters is 2. The van der Waals surface area contributed by atoms with Gasteiger partial charge in [0.2, 0.25) is 5.91 Å². The zero-order valence-electron chi connectivity index (χ0n) is 19.1. The van der Waals surface area contributed by atoms with Gasteiger partial charge in [0.05, 0.1) is 13.2 Å². The Labute approximate surface area is 204 Å². The average Bonchev–Trinajstić information content (AvgIpc) is 2.78. The first-order chi connectivity index (χ1) is 15.7. The molecule has 0 spiro atoms. The monoisotopic (exact) mass is 494 g/mol. The molecule has 33 heavy (non-hydrogen) atoms. The lowest BCUT2D eigenvalue weighted by atomic mass is 10.0. The normalized spacial score (nSPS) is 12.4. The van der Waals surface area contributed by atoms with Crippen LogP contribution in [0.5, 0.6) is 0 Å². The van der Waals surface area contributed by atoms with E-state index in [1.807, 2.05) is 6.92 Å². The molecule has 0 N–H and O–H groups in total. The maximum Gasteiger partial charge on any atom is 0.332 e. The van der Waals surface area contributed by atoms with Crippen molar-refractivity contribution >= 4 is 52.4 Å². The summed E-state index contributed by atoms with van der Waals surface area (Å²) in [7, 11) is 0. The first kappa shape index (κ1) is 26.5. The second-order valence-corrected chi connectivity index (χ2v) is 7.89. The Morgan fingerprint density at radius 3 is 1.58 bits per heavy atom. The predicted molar refractivity (Wildman–Crippen MR) is 130 cm³/mol. The van der Waals surface area contributed by atoms with Crippen LogP contribution in [0, 0.1) is 0 Å². The number of anilines is 2. The van der Waals surface area contributed by atoms with E-state index in [1.54, 1.807) is 67.3 Å². The Balaban J connectivity index is 2.72. The summed E-state index contributed by atoms with van der Waals surface area (Å²) < 4.78 is 10.7.